The van der Waals surface area contributed by atoms with Gasteiger partial charge in [-0.3, -0.25) is 9.69 Å². The second-order valence-corrected chi connectivity index (χ2v) is 7.57. The molecule has 5 nitrogen and oxygen atoms in total. The minimum atomic E-state index is -4.35. The van der Waals surface area contributed by atoms with Gasteiger partial charge in [0.15, 0.2) is 0 Å². The molecule has 2 aliphatic rings. The van der Waals surface area contributed by atoms with Gasteiger partial charge in [-0.1, -0.05) is 0 Å². The fraction of sp³-hybridized carbons (Fsp3) is 0.579. The number of amides is 1. The Hall–Kier alpha value is -2.09. The number of likely N-dealkylation sites (tertiary alicyclic amines) is 2. The van der Waals surface area contributed by atoms with E-state index in [1.54, 1.807) is 6.92 Å². The van der Waals surface area contributed by atoms with Gasteiger partial charge in [0.05, 0.1) is 16.6 Å². The van der Waals surface area contributed by atoms with E-state index in [1.807, 2.05) is 4.90 Å². The van der Waals surface area contributed by atoms with Crippen LogP contribution in [0.25, 0.3) is 11.0 Å². The highest BCUT2D eigenvalue weighted by Crippen LogP contribution is 2.33. The molecule has 1 N–H and O–H groups in total. The second kappa shape index (κ2) is 6.82. The number of fused-ring (bicyclic) bond motifs is 1. The number of rotatable bonds is 2. The van der Waals surface area contributed by atoms with Crippen LogP contribution in [-0.2, 0) is 11.0 Å². The number of alkyl halides is 3. The highest BCUT2D eigenvalue weighted by atomic mass is 19.4. The van der Waals surface area contributed by atoms with Crippen LogP contribution in [0.4, 0.5) is 13.2 Å². The van der Waals surface area contributed by atoms with Crippen molar-refractivity contribution in [3.05, 3.63) is 29.6 Å². The van der Waals surface area contributed by atoms with Crippen molar-refractivity contribution in [1.29, 1.82) is 0 Å². The molecule has 0 spiro atoms. The summed E-state index contributed by atoms with van der Waals surface area (Å²) in [4.78, 5) is 23.4. The SMILES string of the molecule is CC(=O)N1CCC(N2CCC(c3nc4ccc(C(F)(F)F)cc4[nH]3)C2)CC1. The van der Waals surface area contributed by atoms with Crippen LogP contribution < -0.4 is 0 Å². The molecule has 146 valence electrons. The summed E-state index contributed by atoms with van der Waals surface area (Å²) in [5.74, 6) is 1.11. The molecule has 2 aliphatic heterocycles. The maximum Gasteiger partial charge on any atom is 0.416 e. The predicted octanol–water partition coefficient (Wildman–Crippen LogP) is 3.38. The Labute approximate surface area is 155 Å². The zero-order valence-corrected chi connectivity index (χ0v) is 15.2. The highest BCUT2D eigenvalue weighted by Gasteiger charge is 2.34. The first-order chi connectivity index (χ1) is 12.8. The summed E-state index contributed by atoms with van der Waals surface area (Å²) in [7, 11) is 0. The standard InChI is InChI=1S/C19H23F3N4O/c1-12(27)25-8-5-15(6-9-25)26-7-4-13(11-26)18-23-16-3-2-14(19(20,21)22)10-17(16)24-18/h2-3,10,13,15H,4-9,11H2,1H3,(H,23,24). The average molecular weight is 380 g/mol. The number of carbonyl (C=O) groups is 1. The van der Waals surface area contributed by atoms with Gasteiger partial charge >= 0.3 is 6.18 Å². The lowest BCUT2D eigenvalue weighted by Crippen LogP contribution is -2.45. The zero-order chi connectivity index (χ0) is 19.2. The number of nitrogens with one attached hydrogen (secondary N) is 1. The van der Waals surface area contributed by atoms with Crippen molar-refractivity contribution in [3.8, 4) is 0 Å². The van der Waals surface area contributed by atoms with Crippen molar-refractivity contribution in [1.82, 2.24) is 19.8 Å². The van der Waals surface area contributed by atoms with E-state index in [-0.39, 0.29) is 11.8 Å². The first-order valence-corrected chi connectivity index (χ1v) is 9.37. The van der Waals surface area contributed by atoms with Crippen LogP contribution in [0.2, 0.25) is 0 Å². The molecule has 0 radical (unpaired) electrons. The van der Waals surface area contributed by atoms with Crippen molar-refractivity contribution in [2.75, 3.05) is 26.2 Å². The zero-order valence-electron chi connectivity index (χ0n) is 15.2. The molecule has 0 saturated carbocycles. The van der Waals surface area contributed by atoms with E-state index in [9.17, 15) is 18.0 Å². The van der Waals surface area contributed by atoms with Crippen molar-refractivity contribution in [2.45, 2.75) is 44.3 Å². The van der Waals surface area contributed by atoms with Crippen LogP contribution in [0.1, 0.15) is 43.5 Å². The molecule has 2 fully saturated rings. The van der Waals surface area contributed by atoms with Crippen molar-refractivity contribution >= 4 is 16.9 Å². The maximum absolute atomic E-state index is 12.9. The lowest BCUT2D eigenvalue weighted by Gasteiger charge is -2.36. The Balaban J connectivity index is 1.44. The number of imidazole rings is 1. The first-order valence-electron chi connectivity index (χ1n) is 9.37. The first kappa shape index (κ1) is 18.3. The van der Waals surface area contributed by atoms with Gasteiger partial charge in [0, 0.05) is 38.5 Å². The number of H-pyrrole nitrogens is 1. The van der Waals surface area contributed by atoms with Crippen molar-refractivity contribution < 1.29 is 18.0 Å². The van der Waals surface area contributed by atoms with Crippen LogP contribution in [0.5, 0.6) is 0 Å². The van der Waals surface area contributed by atoms with Crippen LogP contribution in [0.3, 0.4) is 0 Å². The summed E-state index contributed by atoms with van der Waals surface area (Å²) >= 11 is 0. The molecule has 3 heterocycles. The molecule has 2 aromatic rings. The molecule has 1 unspecified atom stereocenters. The molecular weight excluding hydrogens is 357 g/mol. The van der Waals surface area contributed by atoms with E-state index in [1.165, 1.54) is 6.07 Å². The highest BCUT2D eigenvalue weighted by molar-refractivity contribution is 5.76. The number of halogens is 3. The molecule has 0 aliphatic carbocycles. The smallest absolute Gasteiger partial charge is 0.343 e. The Morgan fingerprint density at radius 3 is 2.59 bits per heavy atom. The van der Waals surface area contributed by atoms with E-state index < -0.39 is 11.7 Å². The number of carbonyl (C=O) groups excluding carboxylic acids is 1. The molecule has 1 aromatic heterocycles. The van der Waals surface area contributed by atoms with E-state index in [2.05, 4.69) is 14.9 Å². The number of aromatic nitrogens is 2. The van der Waals surface area contributed by atoms with Gasteiger partial charge in [0.2, 0.25) is 5.91 Å². The van der Waals surface area contributed by atoms with Gasteiger partial charge in [-0.15, -0.1) is 0 Å². The molecule has 2 saturated heterocycles. The van der Waals surface area contributed by atoms with Crippen LogP contribution in [0, 0.1) is 0 Å². The minimum Gasteiger partial charge on any atom is -0.343 e. The molecular formula is C19H23F3N4O. The number of aromatic amines is 1. The fourth-order valence-corrected chi connectivity index (χ4v) is 4.29. The van der Waals surface area contributed by atoms with Gasteiger partial charge in [-0.2, -0.15) is 13.2 Å². The van der Waals surface area contributed by atoms with Gasteiger partial charge in [-0.05, 0) is 44.0 Å². The monoisotopic (exact) mass is 380 g/mol. The average Bonchev–Trinajstić information content (AvgIpc) is 3.27. The van der Waals surface area contributed by atoms with Gasteiger partial charge < -0.3 is 9.88 Å². The lowest BCUT2D eigenvalue weighted by molar-refractivity contribution is -0.137. The number of nitrogens with zero attached hydrogens (tertiary/aromatic N) is 3. The third-order valence-corrected chi connectivity index (χ3v) is 5.86. The van der Waals surface area contributed by atoms with Crippen molar-refractivity contribution in [2.24, 2.45) is 0 Å². The largest absolute Gasteiger partial charge is 0.416 e. The van der Waals surface area contributed by atoms with Gasteiger partial charge in [0.25, 0.3) is 0 Å². The molecule has 1 aromatic carbocycles. The van der Waals surface area contributed by atoms with E-state index >= 15 is 0 Å². The predicted molar refractivity (Wildman–Crippen MR) is 95.3 cm³/mol. The van der Waals surface area contributed by atoms with Crippen LogP contribution >= 0.6 is 0 Å². The van der Waals surface area contributed by atoms with Crippen molar-refractivity contribution in [3.63, 3.8) is 0 Å². The Kier molecular flexibility index (Phi) is 4.61. The molecule has 0 bridgehead atoms. The Morgan fingerprint density at radius 1 is 1.19 bits per heavy atom. The minimum absolute atomic E-state index is 0.133. The van der Waals surface area contributed by atoms with E-state index in [4.69, 9.17) is 0 Å². The fourth-order valence-electron chi connectivity index (χ4n) is 4.29. The quantitative estimate of drug-likeness (QED) is 0.869. The summed E-state index contributed by atoms with van der Waals surface area (Å²) < 4.78 is 38.7. The lowest BCUT2D eigenvalue weighted by atomic mass is 10.0. The normalized spacial score (nSPS) is 22.7. The molecule has 8 heteroatoms. The Bertz CT molecular complexity index is 839. The number of piperidine rings is 1. The van der Waals surface area contributed by atoms with Gasteiger partial charge in [-0.25, -0.2) is 4.98 Å². The topological polar surface area (TPSA) is 52.2 Å². The summed E-state index contributed by atoms with van der Waals surface area (Å²) in [5, 5.41) is 0. The number of benzene rings is 1. The number of hydrogen-bond acceptors (Lipinski definition) is 3. The second-order valence-electron chi connectivity index (χ2n) is 7.57. The molecule has 1 amide bonds. The van der Waals surface area contributed by atoms with Crippen LogP contribution in [0.15, 0.2) is 18.2 Å². The van der Waals surface area contributed by atoms with Gasteiger partial charge in [0.1, 0.15) is 5.82 Å². The molecule has 4 rings (SSSR count). The molecule has 1 atom stereocenters. The summed E-state index contributed by atoms with van der Waals surface area (Å²) in [6.07, 6.45) is -1.46. The summed E-state index contributed by atoms with van der Waals surface area (Å²) in [5.41, 5.74) is 0.356. The third-order valence-electron chi connectivity index (χ3n) is 5.86. The maximum atomic E-state index is 12.9. The van der Waals surface area contributed by atoms with E-state index in [0.717, 1.165) is 63.4 Å². The van der Waals surface area contributed by atoms with E-state index in [0.29, 0.717) is 17.1 Å². The number of hydrogen-bond donors (Lipinski definition) is 1. The summed E-state index contributed by atoms with van der Waals surface area (Å²) in [6.45, 7) is 5.02. The summed E-state index contributed by atoms with van der Waals surface area (Å²) in [6, 6.07) is 4.11. The Morgan fingerprint density at radius 2 is 1.93 bits per heavy atom. The molecule has 27 heavy (non-hydrogen) atoms. The third kappa shape index (κ3) is 3.67. The van der Waals surface area contributed by atoms with Crippen LogP contribution in [-0.4, -0.2) is 57.9 Å².